The second-order valence-electron chi connectivity index (χ2n) is 4.97. The molecule has 0 fully saturated rings. The molecule has 0 atom stereocenters. The third kappa shape index (κ3) is 4.64. The molecule has 0 saturated carbocycles. The van der Waals surface area contributed by atoms with Crippen LogP contribution in [0.2, 0.25) is 0 Å². The summed E-state index contributed by atoms with van der Waals surface area (Å²) in [4.78, 5) is 11.8. The number of sulfonamides is 1. The zero-order valence-corrected chi connectivity index (χ0v) is 13.2. The number of rotatable bonds is 7. The summed E-state index contributed by atoms with van der Waals surface area (Å²) in [7, 11) is -3.21. The average Bonchev–Trinajstić information content (AvgIpc) is 2.72. The molecular formula is C13H22N2O4S. The lowest BCUT2D eigenvalue weighted by atomic mass is 10.2. The number of nitrogens with one attached hydrogen (secondary N) is 1. The van der Waals surface area contributed by atoms with Gasteiger partial charge in [0, 0.05) is 19.1 Å². The van der Waals surface area contributed by atoms with E-state index >= 15 is 0 Å². The number of aryl methyl sites for hydroxylation is 1. The molecule has 20 heavy (non-hydrogen) atoms. The smallest absolute Gasteiger partial charge is 0.254 e. The SMILES string of the molecule is Cc1occc1C(=O)NCCCN(C(C)C)S(C)(=O)=O. The van der Waals surface area contributed by atoms with Crippen molar-refractivity contribution in [2.75, 3.05) is 19.3 Å². The molecule has 0 radical (unpaired) electrons. The van der Waals surface area contributed by atoms with Gasteiger partial charge in [0.1, 0.15) is 5.76 Å². The van der Waals surface area contributed by atoms with Crippen LogP contribution in [0.15, 0.2) is 16.7 Å². The molecule has 6 nitrogen and oxygen atoms in total. The van der Waals surface area contributed by atoms with Crippen molar-refractivity contribution < 1.29 is 17.6 Å². The van der Waals surface area contributed by atoms with Crippen LogP contribution in [-0.4, -0.2) is 44.0 Å². The zero-order valence-electron chi connectivity index (χ0n) is 12.3. The number of amides is 1. The number of furan rings is 1. The van der Waals surface area contributed by atoms with E-state index in [1.807, 2.05) is 13.8 Å². The predicted molar refractivity (Wildman–Crippen MR) is 77.1 cm³/mol. The molecule has 1 amide bonds. The van der Waals surface area contributed by atoms with Crippen molar-refractivity contribution in [3.63, 3.8) is 0 Å². The van der Waals surface area contributed by atoms with Gasteiger partial charge in [-0.2, -0.15) is 4.31 Å². The fraction of sp³-hybridized carbons (Fsp3) is 0.615. The molecule has 0 aliphatic heterocycles. The number of hydrogen-bond acceptors (Lipinski definition) is 4. The Kier molecular flexibility index (Phi) is 5.76. The van der Waals surface area contributed by atoms with E-state index < -0.39 is 10.0 Å². The van der Waals surface area contributed by atoms with Crippen molar-refractivity contribution in [3.05, 3.63) is 23.7 Å². The Labute approximate surface area is 120 Å². The van der Waals surface area contributed by atoms with Crippen LogP contribution in [0, 0.1) is 6.92 Å². The maximum absolute atomic E-state index is 11.8. The fourth-order valence-corrected chi connectivity index (χ4v) is 3.19. The van der Waals surface area contributed by atoms with Gasteiger partial charge in [0.25, 0.3) is 5.91 Å². The van der Waals surface area contributed by atoms with Gasteiger partial charge in [-0.3, -0.25) is 4.79 Å². The summed E-state index contributed by atoms with van der Waals surface area (Å²) in [6.07, 6.45) is 3.22. The van der Waals surface area contributed by atoms with Gasteiger partial charge < -0.3 is 9.73 Å². The molecule has 1 N–H and O–H groups in total. The number of carbonyl (C=O) groups is 1. The maximum Gasteiger partial charge on any atom is 0.254 e. The van der Waals surface area contributed by atoms with Gasteiger partial charge in [0.2, 0.25) is 10.0 Å². The Morgan fingerprint density at radius 3 is 2.55 bits per heavy atom. The minimum atomic E-state index is -3.21. The summed E-state index contributed by atoms with van der Waals surface area (Å²) in [5.74, 6) is 0.370. The Balaban J connectivity index is 2.42. The molecule has 0 aliphatic carbocycles. The molecule has 0 saturated heterocycles. The topological polar surface area (TPSA) is 79.6 Å². The van der Waals surface area contributed by atoms with E-state index in [-0.39, 0.29) is 11.9 Å². The molecule has 1 aromatic heterocycles. The second kappa shape index (κ2) is 6.90. The van der Waals surface area contributed by atoms with E-state index in [2.05, 4.69) is 5.32 Å². The largest absolute Gasteiger partial charge is 0.469 e. The highest BCUT2D eigenvalue weighted by Crippen LogP contribution is 2.08. The van der Waals surface area contributed by atoms with Crippen molar-refractivity contribution in [1.29, 1.82) is 0 Å². The lowest BCUT2D eigenvalue weighted by Crippen LogP contribution is -2.38. The fourth-order valence-electron chi connectivity index (χ4n) is 1.96. The molecule has 0 unspecified atom stereocenters. The lowest BCUT2D eigenvalue weighted by Gasteiger charge is -2.23. The zero-order chi connectivity index (χ0) is 15.3. The highest BCUT2D eigenvalue weighted by Gasteiger charge is 2.19. The van der Waals surface area contributed by atoms with Crippen molar-refractivity contribution in [2.24, 2.45) is 0 Å². The summed E-state index contributed by atoms with van der Waals surface area (Å²) in [6, 6.07) is 1.53. The third-order valence-corrected chi connectivity index (χ3v) is 4.40. The predicted octanol–water partition coefficient (Wildman–Crippen LogP) is 1.38. The molecule has 0 bridgehead atoms. The molecule has 0 aliphatic rings. The van der Waals surface area contributed by atoms with E-state index in [0.29, 0.717) is 30.8 Å². The Morgan fingerprint density at radius 1 is 1.45 bits per heavy atom. The molecule has 114 valence electrons. The molecule has 1 aromatic rings. The van der Waals surface area contributed by atoms with Gasteiger partial charge in [-0.25, -0.2) is 8.42 Å². The summed E-state index contributed by atoms with van der Waals surface area (Å²) in [6.45, 7) is 6.19. The van der Waals surface area contributed by atoms with Gasteiger partial charge in [0.15, 0.2) is 0 Å². The average molecular weight is 302 g/mol. The Bertz CT molecular complexity index is 548. The molecular weight excluding hydrogens is 280 g/mol. The van der Waals surface area contributed by atoms with Crippen LogP contribution in [0.1, 0.15) is 36.4 Å². The molecule has 0 spiro atoms. The standard InChI is InChI=1S/C13H22N2O4S/c1-10(2)15(20(4,17)18)8-5-7-14-13(16)12-6-9-19-11(12)3/h6,9-10H,5,7-8H2,1-4H3,(H,14,16). The van der Waals surface area contributed by atoms with Crippen LogP contribution >= 0.6 is 0 Å². The quantitative estimate of drug-likeness (QED) is 0.772. The van der Waals surface area contributed by atoms with Crippen LogP contribution in [0.3, 0.4) is 0 Å². The lowest BCUT2D eigenvalue weighted by molar-refractivity contribution is 0.0951. The van der Waals surface area contributed by atoms with Crippen molar-refractivity contribution >= 4 is 15.9 Å². The summed E-state index contributed by atoms with van der Waals surface area (Å²) < 4.78 is 29.6. The van der Waals surface area contributed by atoms with Crippen LogP contribution in [-0.2, 0) is 10.0 Å². The van der Waals surface area contributed by atoms with E-state index in [4.69, 9.17) is 4.42 Å². The number of nitrogens with zero attached hydrogens (tertiary/aromatic N) is 1. The van der Waals surface area contributed by atoms with Crippen molar-refractivity contribution in [1.82, 2.24) is 9.62 Å². The van der Waals surface area contributed by atoms with E-state index in [9.17, 15) is 13.2 Å². The van der Waals surface area contributed by atoms with Crippen molar-refractivity contribution in [2.45, 2.75) is 33.2 Å². The first kappa shape index (κ1) is 16.7. The number of hydrogen-bond donors (Lipinski definition) is 1. The van der Waals surface area contributed by atoms with Crippen LogP contribution < -0.4 is 5.32 Å². The van der Waals surface area contributed by atoms with E-state index in [0.717, 1.165) is 0 Å². The maximum atomic E-state index is 11.8. The van der Waals surface area contributed by atoms with Gasteiger partial charge in [-0.1, -0.05) is 0 Å². The minimum absolute atomic E-state index is 0.0863. The third-order valence-electron chi connectivity index (χ3n) is 2.95. The highest BCUT2D eigenvalue weighted by molar-refractivity contribution is 7.88. The summed E-state index contributed by atoms with van der Waals surface area (Å²) >= 11 is 0. The monoisotopic (exact) mass is 302 g/mol. The first-order chi connectivity index (χ1) is 9.23. The van der Waals surface area contributed by atoms with Crippen LogP contribution in [0.25, 0.3) is 0 Å². The highest BCUT2D eigenvalue weighted by atomic mass is 32.2. The molecule has 7 heteroatoms. The van der Waals surface area contributed by atoms with Crippen molar-refractivity contribution in [3.8, 4) is 0 Å². The van der Waals surface area contributed by atoms with E-state index in [1.54, 1.807) is 13.0 Å². The molecule has 0 aromatic carbocycles. The van der Waals surface area contributed by atoms with Gasteiger partial charge in [0.05, 0.1) is 18.1 Å². The van der Waals surface area contributed by atoms with Crippen LogP contribution in [0.4, 0.5) is 0 Å². The summed E-state index contributed by atoms with van der Waals surface area (Å²) in [5, 5.41) is 2.75. The van der Waals surface area contributed by atoms with E-state index in [1.165, 1.54) is 16.8 Å². The minimum Gasteiger partial charge on any atom is -0.469 e. The van der Waals surface area contributed by atoms with Crippen LogP contribution in [0.5, 0.6) is 0 Å². The number of carbonyl (C=O) groups excluding carboxylic acids is 1. The Morgan fingerprint density at radius 2 is 2.10 bits per heavy atom. The van der Waals surface area contributed by atoms with Gasteiger partial charge in [-0.05, 0) is 33.3 Å². The normalized spacial score (nSPS) is 12.1. The van der Waals surface area contributed by atoms with Gasteiger partial charge in [-0.15, -0.1) is 0 Å². The first-order valence-corrected chi connectivity index (χ1v) is 8.37. The molecule has 1 heterocycles. The molecule has 1 rings (SSSR count). The Hall–Kier alpha value is -1.34. The van der Waals surface area contributed by atoms with Gasteiger partial charge >= 0.3 is 0 Å². The first-order valence-electron chi connectivity index (χ1n) is 6.52. The summed E-state index contributed by atoms with van der Waals surface area (Å²) in [5.41, 5.74) is 0.508. The second-order valence-corrected chi connectivity index (χ2v) is 6.90.